The smallest absolute Gasteiger partial charge is 0.407 e. The van der Waals surface area contributed by atoms with Crippen molar-refractivity contribution in [2.24, 2.45) is 0 Å². The lowest BCUT2D eigenvalue weighted by Gasteiger charge is -2.49. The van der Waals surface area contributed by atoms with Crippen molar-refractivity contribution in [3.63, 3.8) is 0 Å². The highest BCUT2D eigenvalue weighted by Gasteiger charge is 2.38. The summed E-state index contributed by atoms with van der Waals surface area (Å²) in [6.07, 6.45) is -0.807. The van der Waals surface area contributed by atoms with Gasteiger partial charge in [0.05, 0.1) is 19.3 Å². The lowest BCUT2D eigenvalue weighted by atomic mass is 10.0. The topological polar surface area (TPSA) is 53.0 Å². The molecular weight excluding hydrogens is 196 g/mol. The molecule has 0 unspecified atom stereocenters. The zero-order valence-corrected chi connectivity index (χ0v) is 9.22. The molecule has 0 aromatic rings. The summed E-state index contributed by atoms with van der Waals surface area (Å²) in [7, 11) is 0. The zero-order valence-electron chi connectivity index (χ0n) is 9.22. The summed E-state index contributed by atoms with van der Waals surface area (Å²) in [5.41, 5.74) is 0. The van der Waals surface area contributed by atoms with E-state index >= 15 is 0 Å². The largest absolute Gasteiger partial charge is 0.465 e. The Hall–Kier alpha value is -0.810. The molecule has 0 spiro atoms. The number of carboxylic acid groups (broad SMARTS) is 1. The number of carbonyl (C=O) groups is 1. The molecule has 86 valence electrons. The van der Waals surface area contributed by atoms with Crippen molar-refractivity contribution in [2.75, 3.05) is 26.3 Å². The number of ether oxygens (including phenoxy) is 1. The summed E-state index contributed by atoms with van der Waals surface area (Å²) in [4.78, 5) is 14.8. The van der Waals surface area contributed by atoms with E-state index < -0.39 is 6.09 Å². The maximum absolute atomic E-state index is 10.9. The summed E-state index contributed by atoms with van der Waals surface area (Å²) in [5, 5.41) is 8.95. The molecule has 2 heterocycles. The molecule has 2 saturated heterocycles. The molecule has 1 N–H and O–H groups in total. The van der Waals surface area contributed by atoms with E-state index in [2.05, 4.69) is 18.7 Å². The van der Waals surface area contributed by atoms with Crippen LogP contribution < -0.4 is 0 Å². The summed E-state index contributed by atoms with van der Waals surface area (Å²) in [6.45, 7) is 6.98. The van der Waals surface area contributed by atoms with Crippen LogP contribution in [0.4, 0.5) is 4.79 Å². The molecule has 1 amide bonds. The fourth-order valence-corrected chi connectivity index (χ4v) is 2.61. The Balaban J connectivity index is 2.00. The first kappa shape index (κ1) is 10.7. The van der Waals surface area contributed by atoms with Gasteiger partial charge in [0.2, 0.25) is 0 Å². The van der Waals surface area contributed by atoms with Gasteiger partial charge in [-0.05, 0) is 13.8 Å². The minimum Gasteiger partial charge on any atom is -0.465 e. The minimum absolute atomic E-state index is 0.291. The average molecular weight is 214 g/mol. The van der Waals surface area contributed by atoms with Crippen molar-refractivity contribution in [1.82, 2.24) is 9.80 Å². The van der Waals surface area contributed by atoms with Gasteiger partial charge in [0.15, 0.2) is 0 Å². The van der Waals surface area contributed by atoms with E-state index in [9.17, 15) is 4.79 Å². The molecule has 5 nitrogen and oxygen atoms in total. The Kier molecular flexibility index (Phi) is 2.84. The van der Waals surface area contributed by atoms with Gasteiger partial charge < -0.3 is 14.7 Å². The third kappa shape index (κ3) is 1.94. The summed E-state index contributed by atoms with van der Waals surface area (Å²) in [6, 6.07) is 1.07. The van der Waals surface area contributed by atoms with Crippen LogP contribution in [0.25, 0.3) is 0 Å². The number of hydrogen-bond acceptors (Lipinski definition) is 3. The maximum Gasteiger partial charge on any atom is 0.407 e. The number of rotatable bonds is 1. The number of amides is 1. The molecule has 2 atom stereocenters. The standard InChI is InChI=1S/C10H18N2O3/c1-7-3-11(10(13)14)4-8(2)12(7)9-5-15-6-9/h7-9H,3-6H2,1-2H3,(H,13,14)/t7-,8+. The lowest BCUT2D eigenvalue weighted by molar-refractivity contribution is -0.108. The van der Waals surface area contributed by atoms with Crippen molar-refractivity contribution >= 4 is 6.09 Å². The van der Waals surface area contributed by atoms with E-state index in [0.717, 1.165) is 13.2 Å². The van der Waals surface area contributed by atoms with Crippen LogP contribution in [-0.4, -0.2) is 65.4 Å². The zero-order chi connectivity index (χ0) is 11.0. The van der Waals surface area contributed by atoms with Gasteiger partial charge in [-0.3, -0.25) is 4.90 Å². The summed E-state index contributed by atoms with van der Waals surface area (Å²) < 4.78 is 5.19. The van der Waals surface area contributed by atoms with E-state index in [-0.39, 0.29) is 0 Å². The molecule has 0 radical (unpaired) electrons. The minimum atomic E-state index is -0.807. The molecule has 2 rings (SSSR count). The van der Waals surface area contributed by atoms with Crippen molar-refractivity contribution in [3.8, 4) is 0 Å². The van der Waals surface area contributed by atoms with Gasteiger partial charge in [0.25, 0.3) is 0 Å². The normalized spacial score (nSPS) is 33.9. The Morgan fingerprint density at radius 1 is 1.27 bits per heavy atom. The van der Waals surface area contributed by atoms with Crippen LogP contribution in [0.1, 0.15) is 13.8 Å². The highest BCUT2D eigenvalue weighted by molar-refractivity contribution is 5.65. The molecule has 2 fully saturated rings. The van der Waals surface area contributed by atoms with E-state index in [1.165, 1.54) is 4.90 Å². The van der Waals surface area contributed by atoms with Crippen molar-refractivity contribution in [3.05, 3.63) is 0 Å². The second-order valence-electron chi connectivity index (χ2n) is 4.52. The predicted octanol–water partition coefficient (Wildman–Crippen LogP) is 0.458. The first-order valence-corrected chi connectivity index (χ1v) is 5.42. The van der Waals surface area contributed by atoms with Gasteiger partial charge in [0.1, 0.15) is 0 Å². The monoisotopic (exact) mass is 214 g/mol. The molecule has 5 heteroatoms. The van der Waals surface area contributed by atoms with Crippen LogP contribution in [0.15, 0.2) is 0 Å². The molecule has 2 aliphatic rings. The second-order valence-corrected chi connectivity index (χ2v) is 4.52. The third-order valence-electron chi connectivity index (χ3n) is 3.30. The van der Waals surface area contributed by atoms with Gasteiger partial charge in [0, 0.05) is 25.2 Å². The van der Waals surface area contributed by atoms with E-state index in [0.29, 0.717) is 31.2 Å². The molecule has 2 aliphatic heterocycles. The van der Waals surface area contributed by atoms with E-state index in [4.69, 9.17) is 9.84 Å². The van der Waals surface area contributed by atoms with Crippen molar-refractivity contribution < 1.29 is 14.6 Å². The van der Waals surface area contributed by atoms with Crippen LogP contribution in [0.2, 0.25) is 0 Å². The van der Waals surface area contributed by atoms with Gasteiger partial charge in [-0.1, -0.05) is 0 Å². The molecule has 15 heavy (non-hydrogen) atoms. The fraction of sp³-hybridized carbons (Fsp3) is 0.900. The van der Waals surface area contributed by atoms with Crippen LogP contribution in [-0.2, 0) is 4.74 Å². The van der Waals surface area contributed by atoms with Gasteiger partial charge in [-0.2, -0.15) is 0 Å². The first-order valence-electron chi connectivity index (χ1n) is 5.42. The summed E-state index contributed by atoms with van der Waals surface area (Å²) >= 11 is 0. The SMILES string of the molecule is C[C@@H]1CN(C(=O)O)C[C@H](C)N1C1COC1. The van der Waals surface area contributed by atoms with Crippen molar-refractivity contribution in [1.29, 1.82) is 0 Å². The van der Waals surface area contributed by atoms with Crippen LogP contribution >= 0.6 is 0 Å². The predicted molar refractivity (Wildman–Crippen MR) is 55.0 cm³/mol. The molecule has 0 aromatic heterocycles. The van der Waals surface area contributed by atoms with Crippen LogP contribution in [0.5, 0.6) is 0 Å². The molecular formula is C10H18N2O3. The lowest BCUT2D eigenvalue weighted by Crippen LogP contribution is -2.64. The maximum atomic E-state index is 10.9. The Morgan fingerprint density at radius 2 is 1.80 bits per heavy atom. The first-order chi connectivity index (χ1) is 7.09. The Labute approximate surface area is 89.6 Å². The molecule has 0 bridgehead atoms. The highest BCUT2D eigenvalue weighted by Crippen LogP contribution is 2.22. The Bertz CT molecular complexity index is 243. The van der Waals surface area contributed by atoms with Gasteiger partial charge in [-0.15, -0.1) is 0 Å². The van der Waals surface area contributed by atoms with E-state index in [1.807, 2.05) is 0 Å². The van der Waals surface area contributed by atoms with Crippen molar-refractivity contribution in [2.45, 2.75) is 32.0 Å². The molecule has 0 aromatic carbocycles. The van der Waals surface area contributed by atoms with Crippen LogP contribution in [0, 0.1) is 0 Å². The summed E-state index contributed by atoms with van der Waals surface area (Å²) in [5.74, 6) is 0. The van der Waals surface area contributed by atoms with Gasteiger partial charge in [-0.25, -0.2) is 4.79 Å². The third-order valence-corrected chi connectivity index (χ3v) is 3.30. The number of nitrogens with zero attached hydrogens (tertiary/aromatic N) is 2. The van der Waals surface area contributed by atoms with Crippen LogP contribution in [0.3, 0.4) is 0 Å². The molecule has 0 aliphatic carbocycles. The van der Waals surface area contributed by atoms with E-state index in [1.54, 1.807) is 0 Å². The Morgan fingerprint density at radius 3 is 2.13 bits per heavy atom. The fourth-order valence-electron chi connectivity index (χ4n) is 2.61. The second kappa shape index (κ2) is 3.98. The van der Waals surface area contributed by atoms with Gasteiger partial charge >= 0.3 is 6.09 Å². The number of hydrogen-bond donors (Lipinski definition) is 1. The number of piperazine rings is 1. The molecule has 0 saturated carbocycles. The average Bonchev–Trinajstić information content (AvgIpc) is 2.07. The quantitative estimate of drug-likeness (QED) is 0.689. The highest BCUT2D eigenvalue weighted by atomic mass is 16.5.